The monoisotopic (exact) mass is 492 g/mol. The van der Waals surface area contributed by atoms with Crippen molar-refractivity contribution in [3.05, 3.63) is 88.4 Å². The van der Waals surface area contributed by atoms with Gasteiger partial charge in [-0.25, -0.2) is 9.59 Å². The minimum absolute atomic E-state index is 0.0182. The molecule has 1 aliphatic carbocycles. The second-order valence-electron chi connectivity index (χ2n) is 8.68. The molecule has 3 N–H and O–H groups in total. The Morgan fingerprint density at radius 3 is 2.14 bits per heavy atom. The van der Waals surface area contributed by atoms with Crippen molar-refractivity contribution >= 4 is 35.3 Å². The standard InChI is InChI=1S/C27H25ClN2O5/c1-15(2)24(25(31)29-23-13-16(26(32)33)11-12-22(23)28)30-27(34)35-14-21-19-9-5-3-7-17(19)18-8-4-6-10-20(18)21/h3-13,15,21,24H,14H2,1-2H3,(H,29,31)(H,30,34)(H,32,33)/t24-/m0/s1. The second-order valence-corrected chi connectivity index (χ2v) is 9.09. The minimum atomic E-state index is -1.14. The highest BCUT2D eigenvalue weighted by molar-refractivity contribution is 6.34. The Morgan fingerprint density at radius 2 is 1.57 bits per heavy atom. The number of halogens is 1. The third kappa shape index (κ3) is 5.15. The van der Waals surface area contributed by atoms with Crippen LogP contribution in [-0.4, -0.2) is 35.7 Å². The molecule has 0 fully saturated rings. The van der Waals surface area contributed by atoms with Gasteiger partial charge in [0, 0.05) is 5.92 Å². The molecule has 0 heterocycles. The van der Waals surface area contributed by atoms with Crippen LogP contribution in [-0.2, 0) is 9.53 Å². The van der Waals surface area contributed by atoms with Gasteiger partial charge >= 0.3 is 12.1 Å². The maximum absolute atomic E-state index is 12.9. The molecule has 35 heavy (non-hydrogen) atoms. The summed E-state index contributed by atoms with van der Waals surface area (Å²) in [6.07, 6.45) is -0.717. The summed E-state index contributed by atoms with van der Waals surface area (Å²) < 4.78 is 5.56. The molecular formula is C27H25ClN2O5. The van der Waals surface area contributed by atoms with Crippen LogP contribution in [0.5, 0.6) is 0 Å². The molecule has 0 saturated heterocycles. The van der Waals surface area contributed by atoms with Crippen LogP contribution in [0.2, 0.25) is 5.02 Å². The van der Waals surface area contributed by atoms with Gasteiger partial charge in [-0.3, -0.25) is 4.79 Å². The van der Waals surface area contributed by atoms with E-state index in [1.165, 1.54) is 18.2 Å². The summed E-state index contributed by atoms with van der Waals surface area (Å²) in [6, 6.07) is 19.1. The molecule has 7 nitrogen and oxygen atoms in total. The number of rotatable bonds is 7. The molecule has 2 amide bonds. The van der Waals surface area contributed by atoms with Gasteiger partial charge in [0.15, 0.2) is 0 Å². The lowest BCUT2D eigenvalue weighted by molar-refractivity contribution is -0.119. The van der Waals surface area contributed by atoms with E-state index in [9.17, 15) is 19.5 Å². The fourth-order valence-electron chi connectivity index (χ4n) is 4.27. The molecule has 4 rings (SSSR count). The van der Waals surface area contributed by atoms with Gasteiger partial charge in [0.05, 0.1) is 16.3 Å². The van der Waals surface area contributed by atoms with Crippen LogP contribution in [0.25, 0.3) is 11.1 Å². The van der Waals surface area contributed by atoms with Crippen molar-refractivity contribution in [1.29, 1.82) is 0 Å². The average Bonchev–Trinajstić information content (AvgIpc) is 3.16. The van der Waals surface area contributed by atoms with Crippen molar-refractivity contribution < 1.29 is 24.2 Å². The van der Waals surface area contributed by atoms with E-state index in [1.807, 2.05) is 36.4 Å². The number of hydrogen-bond donors (Lipinski definition) is 3. The van der Waals surface area contributed by atoms with Gasteiger partial charge in [-0.05, 0) is 46.4 Å². The molecule has 0 bridgehead atoms. The van der Waals surface area contributed by atoms with Crippen LogP contribution in [0.15, 0.2) is 66.7 Å². The number of fused-ring (bicyclic) bond motifs is 3. The van der Waals surface area contributed by atoms with Crippen molar-refractivity contribution in [3.63, 3.8) is 0 Å². The zero-order valence-corrected chi connectivity index (χ0v) is 20.0. The van der Waals surface area contributed by atoms with Crippen molar-refractivity contribution in [1.82, 2.24) is 5.32 Å². The number of hydrogen-bond acceptors (Lipinski definition) is 4. The molecule has 0 unspecified atom stereocenters. The summed E-state index contributed by atoms with van der Waals surface area (Å²) in [5, 5.41) is 14.6. The van der Waals surface area contributed by atoms with E-state index >= 15 is 0 Å². The number of anilines is 1. The lowest BCUT2D eigenvalue weighted by Gasteiger charge is -2.22. The lowest BCUT2D eigenvalue weighted by Crippen LogP contribution is -2.47. The average molecular weight is 493 g/mol. The molecule has 0 saturated carbocycles. The molecule has 3 aromatic rings. The fraction of sp³-hybridized carbons (Fsp3) is 0.222. The van der Waals surface area contributed by atoms with Crippen LogP contribution >= 0.6 is 11.6 Å². The summed E-state index contributed by atoms with van der Waals surface area (Å²) in [5.74, 6) is -2.04. The fourth-order valence-corrected chi connectivity index (χ4v) is 4.43. The largest absolute Gasteiger partial charge is 0.478 e. The Balaban J connectivity index is 1.43. The summed E-state index contributed by atoms with van der Waals surface area (Å²) >= 11 is 6.12. The van der Waals surface area contributed by atoms with Crippen LogP contribution in [0, 0.1) is 5.92 Å². The zero-order chi connectivity index (χ0) is 25.1. The molecular weight excluding hydrogens is 468 g/mol. The number of ether oxygens (including phenoxy) is 1. The van der Waals surface area contributed by atoms with Gasteiger partial charge in [-0.15, -0.1) is 0 Å². The number of aromatic carboxylic acids is 1. The van der Waals surface area contributed by atoms with E-state index < -0.39 is 24.0 Å². The van der Waals surface area contributed by atoms with E-state index in [1.54, 1.807) is 13.8 Å². The Labute approximate surface area is 208 Å². The van der Waals surface area contributed by atoms with Gasteiger partial charge < -0.3 is 20.5 Å². The molecule has 0 radical (unpaired) electrons. The molecule has 3 aromatic carbocycles. The van der Waals surface area contributed by atoms with Gasteiger partial charge in [0.1, 0.15) is 12.6 Å². The Morgan fingerprint density at radius 1 is 0.971 bits per heavy atom. The Kier molecular flexibility index (Phi) is 7.07. The maximum Gasteiger partial charge on any atom is 0.407 e. The predicted molar refractivity (Wildman–Crippen MR) is 134 cm³/mol. The van der Waals surface area contributed by atoms with Crippen molar-refractivity contribution in [2.45, 2.75) is 25.8 Å². The van der Waals surface area contributed by atoms with E-state index in [0.29, 0.717) is 0 Å². The third-order valence-electron chi connectivity index (χ3n) is 6.04. The number of carbonyl (C=O) groups is 3. The predicted octanol–water partition coefficient (Wildman–Crippen LogP) is 5.54. The van der Waals surface area contributed by atoms with Crippen LogP contribution < -0.4 is 10.6 Å². The Bertz CT molecular complexity index is 1240. The number of benzene rings is 3. The van der Waals surface area contributed by atoms with Gasteiger partial charge in [0.25, 0.3) is 0 Å². The number of nitrogens with one attached hydrogen (secondary N) is 2. The van der Waals surface area contributed by atoms with Crippen LogP contribution in [0.1, 0.15) is 41.3 Å². The highest BCUT2D eigenvalue weighted by Crippen LogP contribution is 2.44. The van der Waals surface area contributed by atoms with Gasteiger partial charge in [-0.2, -0.15) is 0 Å². The van der Waals surface area contributed by atoms with E-state index in [-0.39, 0.29) is 34.7 Å². The minimum Gasteiger partial charge on any atom is -0.478 e. The van der Waals surface area contributed by atoms with Crippen LogP contribution in [0.3, 0.4) is 0 Å². The smallest absolute Gasteiger partial charge is 0.407 e. The second kappa shape index (κ2) is 10.2. The molecule has 0 aliphatic heterocycles. The number of carbonyl (C=O) groups excluding carboxylic acids is 2. The molecule has 0 spiro atoms. The van der Waals surface area contributed by atoms with Crippen molar-refractivity contribution in [3.8, 4) is 11.1 Å². The summed E-state index contributed by atoms with van der Waals surface area (Å²) in [4.78, 5) is 36.9. The molecule has 1 aliphatic rings. The van der Waals surface area contributed by atoms with Gasteiger partial charge in [-0.1, -0.05) is 74.0 Å². The number of amides is 2. The molecule has 8 heteroatoms. The summed E-state index contributed by atoms with van der Waals surface area (Å²) in [5.41, 5.74) is 4.56. The maximum atomic E-state index is 12.9. The first-order chi connectivity index (χ1) is 16.8. The number of alkyl carbamates (subject to hydrolysis) is 1. The molecule has 1 atom stereocenters. The molecule has 0 aromatic heterocycles. The number of carboxylic acid groups (broad SMARTS) is 1. The normalized spacial score (nSPS) is 13.0. The highest BCUT2D eigenvalue weighted by Gasteiger charge is 2.30. The van der Waals surface area contributed by atoms with E-state index in [4.69, 9.17) is 16.3 Å². The number of carboxylic acids is 1. The Hall–Kier alpha value is -3.84. The zero-order valence-electron chi connectivity index (χ0n) is 19.2. The first kappa shape index (κ1) is 24.3. The molecule has 180 valence electrons. The van der Waals surface area contributed by atoms with E-state index in [2.05, 4.69) is 22.8 Å². The topological polar surface area (TPSA) is 105 Å². The lowest BCUT2D eigenvalue weighted by atomic mass is 9.98. The first-order valence-corrected chi connectivity index (χ1v) is 11.6. The summed E-state index contributed by atoms with van der Waals surface area (Å²) in [6.45, 7) is 3.69. The van der Waals surface area contributed by atoms with Crippen LogP contribution in [0.4, 0.5) is 10.5 Å². The third-order valence-corrected chi connectivity index (χ3v) is 6.37. The van der Waals surface area contributed by atoms with E-state index in [0.717, 1.165) is 22.3 Å². The van der Waals surface area contributed by atoms with Crippen molar-refractivity contribution in [2.75, 3.05) is 11.9 Å². The van der Waals surface area contributed by atoms with Crippen molar-refractivity contribution in [2.24, 2.45) is 5.92 Å². The quantitative estimate of drug-likeness (QED) is 0.401. The summed E-state index contributed by atoms with van der Waals surface area (Å²) in [7, 11) is 0. The SMILES string of the molecule is CC(C)[C@H](NC(=O)OCC1c2ccccc2-c2ccccc21)C(=O)Nc1cc(C(=O)O)ccc1Cl. The van der Waals surface area contributed by atoms with Gasteiger partial charge in [0.2, 0.25) is 5.91 Å². The highest BCUT2D eigenvalue weighted by atomic mass is 35.5. The first-order valence-electron chi connectivity index (χ1n) is 11.2.